The lowest BCUT2D eigenvalue weighted by molar-refractivity contribution is -0.135. The number of hydrogen-bond acceptors (Lipinski definition) is 5. The van der Waals surface area contributed by atoms with Crippen LogP contribution in [0.1, 0.15) is 23.0 Å². The molecule has 0 bridgehead atoms. The summed E-state index contributed by atoms with van der Waals surface area (Å²) >= 11 is 1.47. The Morgan fingerprint density at radius 1 is 1.33 bits per heavy atom. The highest BCUT2D eigenvalue weighted by Crippen LogP contribution is 2.32. The molecular formula is C14H19NO4S2. The van der Waals surface area contributed by atoms with E-state index in [1.807, 2.05) is 17.5 Å². The third-order valence-electron chi connectivity index (χ3n) is 4.19. The summed E-state index contributed by atoms with van der Waals surface area (Å²) in [6, 6.07) is 3.74. The number of amides is 1. The summed E-state index contributed by atoms with van der Waals surface area (Å²) in [4.78, 5) is 15.0. The lowest BCUT2D eigenvalue weighted by Gasteiger charge is -2.22. The molecule has 0 unspecified atom stereocenters. The van der Waals surface area contributed by atoms with E-state index in [1.165, 1.54) is 11.3 Å². The van der Waals surface area contributed by atoms with Crippen molar-refractivity contribution in [2.45, 2.75) is 18.1 Å². The molecule has 0 aromatic carbocycles. The lowest BCUT2D eigenvalue weighted by Crippen LogP contribution is -2.38. The zero-order valence-corrected chi connectivity index (χ0v) is 13.4. The Labute approximate surface area is 128 Å². The molecule has 0 N–H and O–H groups in total. The van der Waals surface area contributed by atoms with Gasteiger partial charge in [-0.3, -0.25) is 4.79 Å². The van der Waals surface area contributed by atoms with Gasteiger partial charge in [-0.2, -0.15) is 0 Å². The fourth-order valence-corrected chi connectivity index (χ4v) is 5.95. The number of carbonyl (C=O) groups is 1. The van der Waals surface area contributed by atoms with Crippen molar-refractivity contribution in [2.75, 3.05) is 32.1 Å². The van der Waals surface area contributed by atoms with Crippen molar-refractivity contribution in [1.29, 1.82) is 0 Å². The molecule has 2 fully saturated rings. The van der Waals surface area contributed by atoms with E-state index in [9.17, 15) is 13.2 Å². The van der Waals surface area contributed by atoms with E-state index in [1.54, 1.807) is 4.90 Å². The normalized spacial score (nSPS) is 29.2. The van der Waals surface area contributed by atoms with Crippen LogP contribution in [0.5, 0.6) is 0 Å². The largest absolute Gasteiger partial charge is 0.381 e. The number of rotatable bonds is 2. The first-order valence-corrected chi connectivity index (χ1v) is 9.79. The van der Waals surface area contributed by atoms with Crippen molar-refractivity contribution in [3.8, 4) is 0 Å². The summed E-state index contributed by atoms with van der Waals surface area (Å²) in [5, 5.41) is 1.43. The van der Waals surface area contributed by atoms with Crippen LogP contribution in [-0.2, 0) is 19.4 Å². The van der Waals surface area contributed by atoms with E-state index in [-0.39, 0.29) is 17.6 Å². The van der Waals surface area contributed by atoms with Gasteiger partial charge in [-0.15, -0.1) is 11.3 Å². The summed E-state index contributed by atoms with van der Waals surface area (Å²) in [5.41, 5.74) is 0. The molecular weight excluding hydrogens is 310 g/mol. The molecule has 0 aliphatic carbocycles. The number of ether oxygens (including phenoxy) is 1. The molecule has 1 amide bonds. The topological polar surface area (TPSA) is 63.7 Å². The molecule has 2 aliphatic rings. The number of hydrogen-bond donors (Lipinski definition) is 0. The predicted octanol–water partition coefficient (Wildman–Crippen LogP) is 1.47. The van der Waals surface area contributed by atoms with E-state index in [4.69, 9.17) is 4.74 Å². The fraction of sp³-hybridized carbons (Fsp3) is 0.643. The maximum atomic E-state index is 12.4. The van der Waals surface area contributed by atoms with Gasteiger partial charge < -0.3 is 9.64 Å². The molecule has 3 rings (SSSR count). The van der Waals surface area contributed by atoms with Crippen molar-refractivity contribution < 1.29 is 17.9 Å². The van der Waals surface area contributed by atoms with E-state index >= 15 is 0 Å². The maximum Gasteiger partial charge on any atom is 0.228 e. The van der Waals surface area contributed by atoms with E-state index in [0.717, 1.165) is 11.3 Å². The standard InChI is InChI=1S/C14H19NO4S2/c16-14(11-4-7-19-10-11)15-5-3-13(12-2-1-8-20-12)21(17,18)9-6-15/h1-2,8,11,13H,3-7,9-10H2/t11-,13+/m0/s1. The molecule has 7 heteroatoms. The van der Waals surface area contributed by atoms with Gasteiger partial charge in [0, 0.05) is 24.6 Å². The van der Waals surface area contributed by atoms with Crippen LogP contribution in [-0.4, -0.2) is 51.3 Å². The molecule has 2 aliphatic heterocycles. The summed E-state index contributed by atoms with van der Waals surface area (Å²) < 4.78 is 30.1. The second-order valence-corrected chi connectivity index (χ2v) is 8.83. The molecule has 5 nitrogen and oxygen atoms in total. The fourth-order valence-electron chi connectivity index (χ4n) is 2.95. The molecule has 2 atom stereocenters. The SMILES string of the molecule is O=C([C@H]1CCOC1)N1CC[C@H](c2cccs2)S(=O)(=O)CC1. The summed E-state index contributed by atoms with van der Waals surface area (Å²) in [6.45, 7) is 1.91. The van der Waals surface area contributed by atoms with Gasteiger partial charge in [0.15, 0.2) is 9.84 Å². The molecule has 0 saturated carbocycles. The van der Waals surface area contributed by atoms with Gasteiger partial charge >= 0.3 is 0 Å². The number of sulfone groups is 1. The van der Waals surface area contributed by atoms with Gasteiger partial charge in [0.2, 0.25) is 5.91 Å². The molecule has 0 spiro atoms. The average molecular weight is 329 g/mol. The highest BCUT2D eigenvalue weighted by molar-refractivity contribution is 7.91. The smallest absolute Gasteiger partial charge is 0.228 e. The molecule has 116 valence electrons. The zero-order chi connectivity index (χ0) is 14.9. The number of thiophene rings is 1. The maximum absolute atomic E-state index is 12.4. The second kappa shape index (κ2) is 6.06. The lowest BCUT2D eigenvalue weighted by atomic mass is 10.1. The molecule has 1 aromatic heterocycles. The summed E-state index contributed by atoms with van der Waals surface area (Å²) in [7, 11) is -3.19. The third-order valence-corrected chi connectivity index (χ3v) is 7.43. The van der Waals surface area contributed by atoms with E-state index < -0.39 is 15.1 Å². The van der Waals surface area contributed by atoms with Crippen LogP contribution in [0, 0.1) is 5.92 Å². The number of nitrogens with zero attached hydrogens (tertiary/aromatic N) is 1. The first-order chi connectivity index (χ1) is 10.1. The van der Waals surface area contributed by atoms with Crippen molar-refractivity contribution in [3.05, 3.63) is 22.4 Å². The minimum Gasteiger partial charge on any atom is -0.381 e. The Morgan fingerprint density at radius 3 is 2.86 bits per heavy atom. The Morgan fingerprint density at radius 2 is 2.19 bits per heavy atom. The summed E-state index contributed by atoms with van der Waals surface area (Å²) in [5.74, 6) is 0.00930. The van der Waals surface area contributed by atoms with Gasteiger partial charge in [0.05, 0.1) is 23.5 Å². The minimum absolute atomic E-state index is 0.0505. The molecule has 0 radical (unpaired) electrons. The van der Waals surface area contributed by atoms with Gasteiger partial charge in [-0.1, -0.05) is 6.07 Å². The van der Waals surface area contributed by atoms with Crippen molar-refractivity contribution in [2.24, 2.45) is 5.92 Å². The monoisotopic (exact) mass is 329 g/mol. The highest BCUT2D eigenvalue weighted by atomic mass is 32.2. The van der Waals surface area contributed by atoms with E-state index in [0.29, 0.717) is 32.7 Å². The molecule has 2 saturated heterocycles. The second-order valence-electron chi connectivity index (χ2n) is 5.55. The first-order valence-electron chi connectivity index (χ1n) is 7.19. The van der Waals surface area contributed by atoms with Gasteiger partial charge in [0.1, 0.15) is 0 Å². The Balaban J connectivity index is 1.74. The third kappa shape index (κ3) is 3.14. The van der Waals surface area contributed by atoms with Crippen LogP contribution >= 0.6 is 11.3 Å². The molecule has 21 heavy (non-hydrogen) atoms. The molecule has 1 aromatic rings. The summed E-state index contributed by atoms with van der Waals surface area (Å²) in [6.07, 6.45) is 1.23. The highest BCUT2D eigenvalue weighted by Gasteiger charge is 2.35. The van der Waals surface area contributed by atoms with E-state index in [2.05, 4.69) is 0 Å². The predicted molar refractivity (Wildman–Crippen MR) is 81.0 cm³/mol. The van der Waals surface area contributed by atoms with Crippen molar-refractivity contribution in [1.82, 2.24) is 4.90 Å². The Bertz CT molecular complexity index is 591. The van der Waals surface area contributed by atoms with Crippen molar-refractivity contribution in [3.63, 3.8) is 0 Å². The minimum atomic E-state index is -3.19. The Hall–Kier alpha value is -0.920. The van der Waals surface area contributed by atoms with Crippen LogP contribution in [0.2, 0.25) is 0 Å². The van der Waals surface area contributed by atoms with Crippen LogP contribution in [0.15, 0.2) is 17.5 Å². The van der Waals surface area contributed by atoms with Crippen LogP contribution < -0.4 is 0 Å². The van der Waals surface area contributed by atoms with Crippen LogP contribution in [0.4, 0.5) is 0 Å². The van der Waals surface area contributed by atoms with Crippen LogP contribution in [0.25, 0.3) is 0 Å². The quantitative estimate of drug-likeness (QED) is 0.824. The van der Waals surface area contributed by atoms with Crippen LogP contribution in [0.3, 0.4) is 0 Å². The Kier molecular flexibility index (Phi) is 4.33. The van der Waals surface area contributed by atoms with Gasteiger partial charge in [-0.05, 0) is 24.3 Å². The van der Waals surface area contributed by atoms with Gasteiger partial charge in [0.25, 0.3) is 0 Å². The van der Waals surface area contributed by atoms with Gasteiger partial charge in [-0.25, -0.2) is 8.42 Å². The molecule has 3 heterocycles. The number of carbonyl (C=O) groups excluding carboxylic acids is 1. The average Bonchev–Trinajstić information content (AvgIpc) is 3.12. The zero-order valence-electron chi connectivity index (χ0n) is 11.7. The first kappa shape index (κ1) is 15.0. The van der Waals surface area contributed by atoms with Crippen molar-refractivity contribution >= 4 is 27.1 Å².